The van der Waals surface area contributed by atoms with Crippen LogP contribution >= 0.6 is 0 Å². The third-order valence-corrected chi connectivity index (χ3v) is 4.53. The molecule has 0 aromatic heterocycles. The first-order valence-electron chi connectivity index (χ1n) is 8.19. The molecule has 5 nitrogen and oxygen atoms in total. The number of urea groups is 1. The predicted molar refractivity (Wildman–Crippen MR) is 83.8 cm³/mol. The summed E-state index contributed by atoms with van der Waals surface area (Å²) in [4.78, 5) is 12.3. The second-order valence-electron chi connectivity index (χ2n) is 6.20. The molecule has 1 aromatic rings. The van der Waals surface area contributed by atoms with Gasteiger partial charge in [0, 0.05) is 11.6 Å². The maximum atomic E-state index is 12.3. The Kier molecular flexibility index (Phi) is 4.83. The van der Waals surface area contributed by atoms with Crippen molar-refractivity contribution in [3.05, 3.63) is 29.8 Å². The molecule has 1 aliphatic heterocycles. The minimum atomic E-state index is -0.202. The van der Waals surface area contributed by atoms with Gasteiger partial charge in [0.05, 0.1) is 18.8 Å². The Morgan fingerprint density at radius 2 is 1.86 bits per heavy atom. The fourth-order valence-corrected chi connectivity index (χ4v) is 3.28. The first-order chi connectivity index (χ1) is 10.7. The first kappa shape index (κ1) is 15.2. The highest BCUT2D eigenvalue weighted by molar-refractivity contribution is 5.75. The van der Waals surface area contributed by atoms with Crippen LogP contribution in [-0.2, 0) is 0 Å². The summed E-state index contributed by atoms with van der Waals surface area (Å²) < 4.78 is 5.72. The number of aliphatic hydroxyl groups excluding tert-OH is 1. The third-order valence-electron chi connectivity index (χ3n) is 4.53. The van der Waals surface area contributed by atoms with Crippen molar-refractivity contribution in [1.82, 2.24) is 10.6 Å². The smallest absolute Gasteiger partial charge is 0.315 e. The molecule has 22 heavy (non-hydrogen) atoms. The number of fused-ring (bicyclic) bond motifs is 1. The van der Waals surface area contributed by atoms with E-state index in [0.717, 1.165) is 49.8 Å². The van der Waals surface area contributed by atoms with Gasteiger partial charge in [0.1, 0.15) is 5.75 Å². The molecular weight excluding hydrogens is 280 g/mol. The van der Waals surface area contributed by atoms with Crippen LogP contribution in [0.3, 0.4) is 0 Å². The Hall–Kier alpha value is -1.75. The van der Waals surface area contributed by atoms with Gasteiger partial charge in [-0.05, 0) is 44.6 Å². The van der Waals surface area contributed by atoms with E-state index < -0.39 is 0 Å². The zero-order chi connectivity index (χ0) is 15.4. The lowest BCUT2D eigenvalue weighted by atomic mass is 9.93. The molecule has 120 valence electrons. The minimum absolute atomic E-state index is 0.00659. The molecule has 3 N–H and O–H groups in total. The van der Waals surface area contributed by atoms with E-state index in [-0.39, 0.29) is 24.2 Å². The van der Waals surface area contributed by atoms with Crippen molar-refractivity contribution >= 4 is 6.03 Å². The zero-order valence-corrected chi connectivity index (χ0v) is 12.8. The van der Waals surface area contributed by atoms with E-state index in [1.54, 1.807) is 0 Å². The van der Waals surface area contributed by atoms with Gasteiger partial charge < -0.3 is 20.5 Å². The summed E-state index contributed by atoms with van der Waals surface area (Å²) >= 11 is 0. The summed E-state index contributed by atoms with van der Waals surface area (Å²) in [5, 5.41) is 15.6. The Labute approximate surface area is 131 Å². The monoisotopic (exact) mass is 304 g/mol. The number of aliphatic hydroxyl groups is 1. The van der Waals surface area contributed by atoms with E-state index in [0.29, 0.717) is 6.61 Å². The maximum Gasteiger partial charge on any atom is 0.315 e. The standard InChI is InChI=1S/C17H24N2O3/c20-13-9-7-12(8-10-13)18-17(21)19-15-5-3-11-22-16-6-2-1-4-14(15)16/h1-2,4,6,12-13,15,20H,3,5,7-11H2,(H2,18,19,21). The van der Waals surface area contributed by atoms with Crippen LogP contribution in [0, 0.1) is 0 Å². The number of hydrogen-bond donors (Lipinski definition) is 3. The highest BCUT2D eigenvalue weighted by Crippen LogP contribution is 2.31. The molecule has 1 heterocycles. The Morgan fingerprint density at radius 1 is 1.09 bits per heavy atom. The van der Waals surface area contributed by atoms with Crippen LogP contribution in [0.15, 0.2) is 24.3 Å². The Morgan fingerprint density at radius 3 is 2.68 bits per heavy atom. The molecule has 3 rings (SSSR count). The molecule has 0 spiro atoms. The number of nitrogens with one attached hydrogen (secondary N) is 2. The normalized spacial score (nSPS) is 28.0. The molecule has 1 saturated carbocycles. The Balaban J connectivity index is 1.59. The highest BCUT2D eigenvalue weighted by atomic mass is 16.5. The average molecular weight is 304 g/mol. The maximum absolute atomic E-state index is 12.3. The van der Waals surface area contributed by atoms with Gasteiger partial charge in [-0.2, -0.15) is 0 Å². The van der Waals surface area contributed by atoms with Crippen LogP contribution < -0.4 is 15.4 Å². The molecule has 1 unspecified atom stereocenters. The largest absolute Gasteiger partial charge is 0.493 e. The van der Waals surface area contributed by atoms with Crippen LogP contribution in [0.4, 0.5) is 4.79 Å². The summed E-state index contributed by atoms with van der Waals surface area (Å²) in [5.41, 5.74) is 1.05. The molecule has 0 saturated heterocycles. The summed E-state index contributed by atoms with van der Waals surface area (Å²) in [6, 6.07) is 7.94. The highest BCUT2D eigenvalue weighted by Gasteiger charge is 2.24. The van der Waals surface area contributed by atoms with E-state index in [1.807, 2.05) is 24.3 Å². The van der Waals surface area contributed by atoms with E-state index in [4.69, 9.17) is 4.74 Å². The third kappa shape index (κ3) is 3.71. The number of hydrogen-bond acceptors (Lipinski definition) is 3. The lowest BCUT2D eigenvalue weighted by molar-refractivity contribution is 0.117. The molecule has 0 radical (unpaired) electrons. The average Bonchev–Trinajstić information content (AvgIpc) is 2.72. The van der Waals surface area contributed by atoms with E-state index in [1.165, 1.54) is 0 Å². The molecule has 2 aliphatic rings. The van der Waals surface area contributed by atoms with Crippen LogP contribution in [0.2, 0.25) is 0 Å². The van der Waals surface area contributed by atoms with Crippen LogP contribution in [0.5, 0.6) is 5.75 Å². The van der Waals surface area contributed by atoms with Gasteiger partial charge in [-0.25, -0.2) is 4.79 Å². The quantitative estimate of drug-likeness (QED) is 0.786. The van der Waals surface area contributed by atoms with E-state index >= 15 is 0 Å². The van der Waals surface area contributed by atoms with Crippen molar-refractivity contribution in [2.24, 2.45) is 0 Å². The molecule has 1 fully saturated rings. The summed E-state index contributed by atoms with van der Waals surface area (Å²) in [5.74, 6) is 0.867. The Bertz CT molecular complexity index is 512. The molecule has 1 aromatic carbocycles. The lowest BCUT2D eigenvalue weighted by Gasteiger charge is -2.27. The van der Waals surface area contributed by atoms with Crippen molar-refractivity contribution < 1.29 is 14.6 Å². The molecule has 1 aliphatic carbocycles. The van der Waals surface area contributed by atoms with Gasteiger partial charge in [0.2, 0.25) is 0 Å². The van der Waals surface area contributed by atoms with Crippen molar-refractivity contribution in [2.45, 2.75) is 56.7 Å². The number of carbonyl (C=O) groups is 1. The van der Waals surface area contributed by atoms with Crippen molar-refractivity contribution in [3.8, 4) is 5.75 Å². The van der Waals surface area contributed by atoms with Gasteiger partial charge >= 0.3 is 6.03 Å². The van der Waals surface area contributed by atoms with Crippen molar-refractivity contribution in [2.75, 3.05) is 6.61 Å². The summed E-state index contributed by atoms with van der Waals surface area (Å²) in [6.45, 7) is 0.692. The second-order valence-corrected chi connectivity index (χ2v) is 6.20. The van der Waals surface area contributed by atoms with Crippen LogP contribution in [0.25, 0.3) is 0 Å². The van der Waals surface area contributed by atoms with E-state index in [9.17, 15) is 9.90 Å². The van der Waals surface area contributed by atoms with E-state index in [2.05, 4.69) is 10.6 Å². The van der Waals surface area contributed by atoms with Gasteiger partial charge in [0.15, 0.2) is 0 Å². The van der Waals surface area contributed by atoms with Crippen molar-refractivity contribution in [1.29, 1.82) is 0 Å². The summed E-state index contributed by atoms with van der Waals surface area (Å²) in [7, 11) is 0. The predicted octanol–water partition coefficient (Wildman–Crippen LogP) is 2.50. The number of benzene rings is 1. The number of para-hydroxylation sites is 1. The number of carbonyl (C=O) groups excluding carboxylic acids is 1. The molecule has 2 amide bonds. The van der Waals surface area contributed by atoms with Gasteiger partial charge in [-0.15, -0.1) is 0 Å². The minimum Gasteiger partial charge on any atom is -0.493 e. The molecule has 5 heteroatoms. The molecule has 1 atom stereocenters. The topological polar surface area (TPSA) is 70.6 Å². The summed E-state index contributed by atoms with van der Waals surface area (Å²) in [6.07, 6.45) is 4.84. The number of rotatable bonds is 2. The van der Waals surface area contributed by atoms with Crippen LogP contribution in [0.1, 0.15) is 50.1 Å². The zero-order valence-electron chi connectivity index (χ0n) is 12.8. The second kappa shape index (κ2) is 7.01. The number of amides is 2. The lowest BCUT2D eigenvalue weighted by Crippen LogP contribution is -2.45. The first-order valence-corrected chi connectivity index (χ1v) is 8.19. The fourth-order valence-electron chi connectivity index (χ4n) is 3.28. The van der Waals surface area contributed by atoms with Gasteiger partial charge in [0.25, 0.3) is 0 Å². The molecule has 0 bridgehead atoms. The number of ether oxygens (including phenoxy) is 1. The SMILES string of the molecule is O=C(NC1CCC(O)CC1)NC1CCCOc2ccccc21. The van der Waals surface area contributed by atoms with Gasteiger partial charge in [-0.3, -0.25) is 0 Å². The van der Waals surface area contributed by atoms with Crippen LogP contribution in [-0.4, -0.2) is 29.9 Å². The fraction of sp³-hybridized carbons (Fsp3) is 0.588. The molecular formula is C17H24N2O3. The van der Waals surface area contributed by atoms with Gasteiger partial charge in [-0.1, -0.05) is 18.2 Å². The van der Waals surface area contributed by atoms with Crippen molar-refractivity contribution in [3.63, 3.8) is 0 Å².